The van der Waals surface area contributed by atoms with Crippen molar-refractivity contribution >= 4 is 5.91 Å². The summed E-state index contributed by atoms with van der Waals surface area (Å²) in [6, 6.07) is 0. The molecule has 0 spiro atoms. The lowest BCUT2D eigenvalue weighted by molar-refractivity contribution is -0.116. The van der Waals surface area contributed by atoms with Gasteiger partial charge in [0, 0.05) is 11.3 Å². The van der Waals surface area contributed by atoms with Crippen LogP contribution in [0.15, 0.2) is 85.7 Å². The smallest absolute Gasteiger partial charge is 0.255 e. The number of hydrogen-bond acceptors (Lipinski definition) is 1. The van der Waals surface area contributed by atoms with Crippen LogP contribution in [-0.4, -0.2) is 5.91 Å². The summed E-state index contributed by atoms with van der Waals surface area (Å²) in [5.74, 6) is -0.199. The van der Waals surface area contributed by atoms with Gasteiger partial charge in [0.25, 0.3) is 5.91 Å². The van der Waals surface area contributed by atoms with Crippen LogP contribution in [0.3, 0.4) is 0 Å². The lowest BCUT2D eigenvalue weighted by Gasteiger charge is -2.05. The van der Waals surface area contributed by atoms with Crippen LogP contribution in [0, 0.1) is 0 Å². The molecule has 2 heteroatoms. The number of carbonyl (C=O) groups is 1. The van der Waals surface area contributed by atoms with E-state index in [4.69, 9.17) is 0 Å². The van der Waals surface area contributed by atoms with E-state index >= 15 is 0 Å². The summed E-state index contributed by atoms with van der Waals surface area (Å²) < 4.78 is 0. The van der Waals surface area contributed by atoms with Gasteiger partial charge in [-0.3, -0.25) is 4.79 Å². The Morgan fingerprint density at radius 3 is 2.17 bits per heavy atom. The maximum Gasteiger partial charge on any atom is 0.255 e. The zero-order valence-electron chi connectivity index (χ0n) is 10.7. The third kappa shape index (κ3) is 6.28. The molecule has 1 amide bonds. The normalized spacial score (nSPS) is 12.7. The minimum absolute atomic E-state index is 0.199. The van der Waals surface area contributed by atoms with Crippen molar-refractivity contribution in [2.75, 3.05) is 0 Å². The molecule has 1 N–H and O–H groups in total. The van der Waals surface area contributed by atoms with Gasteiger partial charge in [0.15, 0.2) is 0 Å². The first kappa shape index (κ1) is 15.7. The highest BCUT2D eigenvalue weighted by Crippen LogP contribution is 2.01. The van der Waals surface area contributed by atoms with Gasteiger partial charge < -0.3 is 5.32 Å². The Bertz CT molecular complexity index is 434. The van der Waals surface area contributed by atoms with Crippen LogP contribution in [0.1, 0.15) is 6.92 Å². The van der Waals surface area contributed by atoms with Crippen LogP contribution in [0.2, 0.25) is 0 Å². The van der Waals surface area contributed by atoms with Crippen LogP contribution < -0.4 is 5.32 Å². The van der Waals surface area contributed by atoms with E-state index in [1.54, 1.807) is 54.7 Å². The lowest BCUT2D eigenvalue weighted by atomic mass is 10.2. The predicted octanol–water partition coefficient (Wildman–Crippen LogP) is 3.60. The number of carbonyl (C=O) groups excluding carboxylic acids is 1. The van der Waals surface area contributed by atoms with Crippen molar-refractivity contribution in [3.63, 3.8) is 0 Å². The quantitative estimate of drug-likeness (QED) is 0.535. The van der Waals surface area contributed by atoms with Crippen LogP contribution in [0.5, 0.6) is 0 Å². The van der Waals surface area contributed by atoms with Crippen LogP contribution in [-0.2, 0) is 4.79 Å². The molecule has 18 heavy (non-hydrogen) atoms. The van der Waals surface area contributed by atoms with E-state index in [2.05, 4.69) is 25.1 Å². The molecule has 0 aromatic heterocycles. The standard InChI is InChI=1S/C16H19NO/c1-5-9-13-15(12-8-4)17-16(18)14(10-6-2)11-7-3/h5-13H,1-2,4H2,3H3,(H,17,18)/b11-7-,13-9-,14-10+,15-12+. The molecule has 0 aromatic rings. The van der Waals surface area contributed by atoms with Crippen molar-refractivity contribution in [1.29, 1.82) is 0 Å². The highest BCUT2D eigenvalue weighted by atomic mass is 16.1. The molecule has 0 rings (SSSR count). The maximum atomic E-state index is 12.0. The zero-order valence-corrected chi connectivity index (χ0v) is 10.7. The molecule has 0 radical (unpaired) electrons. The number of amides is 1. The topological polar surface area (TPSA) is 29.1 Å². The third-order valence-corrected chi connectivity index (χ3v) is 1.87. The molecule has 0 aliphatic carbocycles. The summed E-state index contributed by atoms with van der Waals surface area (Å²) in [6.45, 7) is 12.6. The van der Waals surface area contributed by atoms with Crippen LogP contribution in [0.25, 0.3) is 0 Å². The lowest BCUT2D eigenvalue weighted by Crippen LogP contribution is -2.22. The van der Waals surface area contributed by atoms with E-state index in [1.165, 1.54) is 0 Å². The summed E-state index contributed by atoms with van der Waals surface area (Å²) in [5, 5.41) is 2.77. The van der Waals surface area contributed by atoms with Gasteiger partial charge in [-0.1, -0.05) is 62.3 Å². The molecule has 0 atom stereocenters. The fourth-order valence-corrected chi connectivity index (χ4v) is 1.15. The molecule has 0 unspecified atom stereocenters. The zero-order chi connectivity index (χ0) is 13.8. The van der Waals surface area contributed by atoms with Gasteiger partial charge in [-0.05, 0) is 19.1 Å². The molecule has 94 valence electrons. The van der Waals surface area contributed by atoms with E-state index in [9.17, 15) is 4.79 Å². The van der Waals surface area contributed by atoms with Crippen molar-refractivity contribution in [3.8, 4) is 0 Å². The van der Waals surface area contributed by atoms with Gasteiger partial charge in [-0.15, -0.1) is 0 Å². The minimum Gasteiger partial charge on any atom is -0.322 e. The van der Waals surface area contributed by atoms with E-state index in [1.807, 2.05) is 6.92 Å². The van der Waals surface area contributed by atoms with Crippen molar-refractivity contribution in [1.82, 2.24) is 5.32 Å². The van der Waals surface area contributed by atoms with Crippen LogP contribution in [0.4, 0.5) is 0 Å². The molecule has 0 aromatic carbocycles. The molecular formula is C16H19NO. The number of hydrogen-bond donors (Lipinski definition) is 1. The minimum atomic E-state index is -0.199. The highest BCUT2D eigenvalue weighted by Gasteiger charge is 2.05. The van der Waals surface area contributed by atoms with Gasteiger partial charge >= 0.3 is 0 Å². The van der Waals surface area contributed by atoms with Gasteiger partial charge in [0.1, 0.15) is 0 Å². The van der Waals surface area contributed by atoms with Gasteiger partial charge in [-0.2, -0.15) is 0 Å². The SMILES string of the molecule is C=C/C=C\C(=C/C=C)NC(=O)C(/C=C\C)=C/C=C. The van der Waals surface area contributed by atoms with E-state index < -0.39 is 0 Å². The first-order valence-corrected chi connectivity index (χ1v) is 5.58. The summed E-state index contributed by atoms with van der Waals surface area (Å²) in [5.41, 5.74) is 1.18. The number of allylic oxidation sites excluding steroid dienone is 8. The Morgan fingerprint density at radius 2 is 1.67 bits per heavy atom. The first-order valence-electron chi connectivity index (χ1n) is 5.58. The van der Waals surface area contributed by atoms with E-state index in [0.29, 0.717) is 11.3 Å². The predicted molar refractivity (Wildman–Crippen MR) is 78.9 cm³/mol. The van der Waals surface area contributed by atoms with Crippen molar-refractivity contribution in [2.45, 2.75) is 6.92 Å². The fourth-order valence-electron chi connectivity index (χ4n) is 1.15. The Labute approximate surface area is 109 Å². The summed E-state index contributed by atoms with van der Waals surface area (Å²) in [6.07, 6.45) is 15.2. The van der Waals surface area contributed by atoms with E-state index in [0.717, 1.165) is 0 Å². The van der Waals surface area contributed by atoms with Gasteiger partial charge in [0.2, 0.25) is 0 Å². The average molecular weight is 241 g/mol. The molecule has 0 aliphatic rings. The van der Waals surface area contributed by atoms with E-state index in [-0.39, 0.29) is 5.91 Å². The van der Waals surface area contributed by atoms with Crippen molar-refractivity contribution in [3.05, 3.63) is 85.7 Å². The summed E-state index contributed by atoms with van der Waals surface area (Å²) in [7, 11) is 0. The summed E-state index contributed by atoms with van der Waals surface area (Å²) >= 11 is 0. The summed E-state index contributed by atoms with van der Waals surface area (Å²) in [4.78, 5) is 12.0. The second-order valence-corrected chi connectivity index (χ2v) is 3.26. The monoisotopic (exact) mass is 241 g/mol. The molecule has 0 saturated heterocycles. The fraction of sp³-hybridized carbons (Fsp3) is 0.0625. The average Bonchev–Trinajstić information content (AvgIpc) is 2.36. The number of rotatable bonds is 7. The molecule has 2 nitrogen and oxygen atoms in total. The Balaban J connectivity index is 4.98. The second kappa shape index (κ2) is 9.85. The van der Waals surface area contributed by atoms with Gasteiger partial charge in [0.05, 0.1) is 0 Å². The molecule has 0 saturated carbocycles. The Kier molecular flexibility index (Phi) is 8.56. The third-order valence-electron chi connectivity index (χ3n) is 1.87. The largest absolute Gasteiger partial charge is 0.322 e. The molecular weight excluding hydrogens is 222 g/mol. The Morgan fingerprint density at radius 1 is 1.00 bits per heavy atom. The number of nitrogens with one attached hydrogen (secondary N) is 1. The first-order chi connectivity index (χ1) is 8.69. The van der Waals surface area contributed by atoms with Crippen molar-refractivity contribution < 1.29 is 4.79 Å². The molecule has 0 bridgehead atoms. The second-order valence-electron chi connectivity index (χ2n) is 3.26. The maximum absolute atomic E-state index is 12.0. The van der Waals surface area contributed by atoms with Crippen LogP contribution >= 0.6 is 0 Å². The van der Waals surface area contributed by atoms with Crippen molar-refractivity contribution in [2.24, 2.45) is 0 Å². The van der Waals surface area contributed by atoms with Gasteiger partial charge in [-0.25, -0.2) is 0 Å². The Hall–Kier alpha value is -2.35. The highest BCUT2D eigenvalue weighted by molar-refractivity contribution is 5.97. The molecule has 0 fully saturated rings. The molecule has 0 aliphatic heterocycles. The molecule has 0 heterocycles.